The minimum atomic E-state index is 0.0541. The Morgan fingerprint density at radius 1 is 1.48 bits per heavy atom. The molecule has 6 heteroatoms. The Kier molecular flexibility index (Phi) is 5.25. The van der Waals surface area contributed by atoms with Crippen molar-refractivity contribution in [3.63, 3.8) is 0 Å². The van der Waals surface area contributed by atoms with Crippen LogP contribution in [0.15, 0.2) is 29.8 Å². The number of ether oxygens (including phenoxy) is 1. The number of nitrogens with one attached hydrogen (secondary N) is 1. The van der Waals surface area contributed by atoms with E-state index in [4.69, 9.17) is 4.74 Å². The van der Waals surface area contributed by atoms with Gasteiger partial charge in [-0.05, 0) is 42.0 Å². The fourth-order valence-corrected chi connectivity index (χ4v) is 3.58. The lowest BCUT2D eigenvalue weighted by atomic mass is 10.1. The van der Waals surface area contributed by atoms with Crippen molar-refractivity contribution in [1.29, 1.82) is 0 Å². The van der Waals surface area contributed by atoms with Crippen LogP contribution in [0, 0.1) is 0 Å². The first kappa shape index (κ1) is 16.0. The lowest BCUT2D eigenvalue weighted by molar-refractivity contribution is -0.122. The molecular weight excluding hydrogens is 310 g/mol. The molecular formula is C17H21N3O2S. The average molecular weight is 331 g/mol. The van der Waals surface area contributed by atoms with Crippen LogP contribution in [0.5, 0.6) is 5.88 Å². The number of thiophene rings is 1. The zero-order chi connectivity index (χ0) is 16.1. The average Bonchev–Trinajstić information content (AvgIpc) is 3.01. The lowest BCUT2D eigenvalue weighted by Gasteiger charge is -2.26. The second-order valence-corrected chi connectivity index (χ2v) is 6.54. The molecule has 0 saturated heterocycles. The van der Waals surface area contributed by atoms with Gasteiger partial charge in [-0.15, -0.1) is 11.3 Å². The van der Waals surface area contributed by atoms with Crippen LogP contribution in [0.25, 0.3) is 0 Å². The Hall–Kier alpha value is -1.92. The summed E-state index contributed by atoms with van der Waals surface area (Å²) in [4.78, 5) is 19.9. The normalized spacial score (nSPS) is 14.3. The topological polar surface area (TPSA) is 54.5 Å². The van der Waals surface area contributed by atoms with E-state index in [2.05, 4.69) is 26.6 Å². The van der Waals surface area contributed by atoms with Crippen LogP contribution in [0.4, 0.5) is 0 Å². The van der Waals surface area contributed by atoms with E-state index >= 15 is 0 Å². The molecule has 0 spiro atoms. The molecule has 1 aliphatic heterocycles. The van der Waals surface area contributed by atoms with Crippen LogP contribution in [-0.4, -0.2) is 35.5 Å². The molecule has 0 aromatic carbocycles. The molecule has 0 fully saturated rings. The summed E-state index contributed by atoms with van der Waals surface area (Å²) >= 11 is 1.81. The molecule has 0 bridgehead atoms. The van der Waals surface area contributed by atoms with E-state index in [1.165, 1.54) is 10.4 Å². The molecule has 0 radical (unpaired) electrons. The van der Waals surface area contributed by atoms with Crippen molar-refractivity contribution in [2.24, 2.45) is 0 Å². The van der Waals surface area contributed by atoms with Gasteiger partial charge in [-0.3, -0.25) is 9.69 Å². The third-order valence-electron chi connectivity index (χ3n) is 3.84. The summed E-state index contributed by atoms with van der Waals surface area (Å²) in [5.74, 6) is 0.652. The van der Waals surface area contributed by atoms with Crippen LogP contribution < -0.4 is 10.1 Å². The Morgan fingerprint density at radius 2 is 2.39 bits per heavy atom. The molecule has 23 heavy (non-hydrogen) atoms. The van der Waals surface area contributed by atoms with Gasteiger partial charge < -0.3 is 10.1 Å². The van der Waals surface area contributed by atoms with Crippen LogP contribution in [0.3, 0.4) is 0 Å². The maximum Gasteiger partial charge on any atom is 0.234 e. The Bertz CT molecular complexity index is 671. The molecule has 0 saturated carbocycles. The predicted octanol–water partition coefficient (Wildman–Crippen LogP) is 2.22. The van der Waals surface area contributed by atoms with Crippen molar-refractivity contribution in [1.82, 2.24) is 15.2 Å². The van der Waals surface area contributed by atoms with Crippen molar-refractivity contribution < 1.29 is 9.53 Å². The molecule has 1 amide bonds. The number of pyridine rings is 1. The Balaban J connectivity index is 1.47. The molecule has 0 aliphatic carbocycles. The summed E-state index contributed by atoms with van der Waals surface area (Å²) in [6.45, 7) is 5.27. The summed E-state index contributed by atoms with van der Waals surface area (Å²) in [7, 11) is 0. The van der Waals surface area contributed by atoms with Crippen LogP contribution in [-0.2, 0) is 24.3 Å². The largest absolute Gasteiger partial charge is 0.478 e. The number of rotatable bonds is 6. The van der Waals surface area contributed by atoms with Gasteiger partial charge in [0.2, 0.25) is 11.8 Å². The van der Waals surface area contributed by atoms with Crippen LogP contribution in [0.1, 0.15) is 22.9 Å². The van der Waals surface area contributed by atoms with E-state index in [0.717, 1.165) is 25.1 Å². The molecule has 0 atom stereocenters. The molecule has 1 N–H and O–H groups in total. The lowest BCUT2D eigenvalue weighted by Crippen LogP contribution is -2.39. The smallest absolute Gasteiger partial charge is 0.234 e. The number of nitrogens with zero attached hydrogens (tertiary/aromatic N) is 2. The number of amides is 1. The maximum absolute atomic E-state index is 12.1. The van der Waals surface area contributed by atoms with E-state index in [9.17, 15) is 4.79 Å². The highest BCUT2D eigenvalue weighted by Crippen LogP contribution is 2.23. The summed E-state index contributed by atoms with van der Waals surface area (Å²) in [5.41, 5.74) is 2.36. The number of hydrogen-bond donors (Lipinski definition) is 1. The number of carbonyl (C=O) groups excluding carboxylic acids is 1. The molecule has 0 unspecified atom stereocenters. The standard InChI is InChI=1S/C17H21N3O2S/c1-2-22-17-9-13(3-6-18-17)10-19-16(21)12-20-7-4-15-14(11-20)5-8-23-15/h3,5-6,8-9H,2,4,7,10-12H2,1H3,(H,19,21). The number of hydrogen-bond acceptors (Lipinski definition) is 5. The summed E-state index contributed by atoms with van der Waals surface area (Å²) in [6, 6.07) is 5.92. The van der Waals surface area contributed by atoms with Gasteiger partial charge in [0.25, 0.3) is 0 Å². The first-order valence-corrected chi connectivity index (χ1v) is 8.74. The maximum atomic E-state index is 12.1. The van der Waals surface area contributed by atoms with Gasteiger partial charge in [0.1, 0.15) is 0 Å². The highest BCUT2D eigenvalue weighted by molar-refractivity contribution is 7.10. The van der Waals surface area contributed by atoms with Gasteiger partial charge in [0.05, 0.1) is 13.2 Å². The predicted molar refractivity (Wildman–Crippen MR) is 90.6 cm³/mol. The number of aromatic nitrogens is 1. The third kappa shape index (κ3) is 4.30. The highest BCUT2D eigenvalue weighted by atomic mass is 32.1. The van der Waals surface area contributed by atoms with E-state index < -0.39 is 0 Å². The summed E-state index contributed by atoms with van der Waals surface area (Å²) < 4.78 is 5.37. The van der Waals surface area contributed by atoms with Gasteiger partial charge in [-0.25, -0.2) is 4.98 Å². The van der Waals surface area contributed by atoms with Crippen molar-refractivity contribution in [2.45, 2.75) is 26.4 Å². The molecule has 2 aromatic heterocycles. The van der Waals surface area contributed by atoms with E-state index in [0.29, 0.717) is 25.6 Å². The fourth-order valence-electron chi connectivity index (χ4n) is 2.69. The minimum Gasteiger partial charge on any atom is -0.478 e. The Labute approximate surface area is 140 Å². The molecule has 3 rings (SSSR count). The summed E-state index contributed by atoms with van der Waals surface area (Å²) in [6.07, 6.45) is 2.75. The minimum absolute atomic E-state index is 0.0541. The quantitative estimate of drug-likeness (QED) is 0.882. The highest BCUT2D eigenvalue weighted by Gasteiger charge is 2.19. The number of carbonyl (C=O) groups is 1. The summed E-state index contributed by atoms with van der Waals surface area (Å²) in [5, 5.41) is 5.10. The zero-order valence-electron chi connectivity index (χ0n) is 13.2. The molecule has 2 aromatic rings. The fraction of sp³-hybridized carbons (Fsp3) is 0.412. The van der Waals surface area contributed by atoms with Crippen molar-refractivity contribution in [3.05, 3.63) is 45.8 Å². The van der Waals surface area contributed by atoms with Gasteiger partial charge in [0, 0.05) is 36.8 Å². The SMILES string of the molecule is CCOc1cc(CNC(=O)CN2CCc3sccc3C2)ccn1. The van der Waals surface area contributed by atoms with Crippen LogP contribution >= 0.6 is 11.3 Å². The Morgan fingerprint density at radius 3 is 3.26 bits per heavy atom. The van der Waals surface area contributed by atoms with Gasteiger partial charge >= 0.3 is 0 Å². The van der Waals surface area contributed by atoms with Crippen molar-refractivity contribution in [3.8, 4) is 5.88 Å². The number of fused-ring (bicyclic) bond motifs is 1. The molecule has 3 heterocycles. The zero-order valence-corrected chi connectivity index (χ0v) is 14.1. The monoisotopic (exact) mass is 331 g/mol. The van der Waals surface area contributed by atoms with Crippen molar-refractivity contribution in [2.75, 3.05) is 19.7 Å². The second kappa shape index (κ2) is 7.57. The van der Waals surface area contributed by atoms with Gasteiger partial charge in [0.15, 0.2) is 0 Å². The third-order valence-corrected chi connectivity index (χ3v) is 4.86. The van der Waals surface area contributed by atoms with Gasteiger partial charge in [-0.1, -0.05) is 0 Å². The van der Waals surface area contributed by atoms with E-state index in [-0.39, 0.29) is 5.91 Å². The first-order valence-electron chi connectivity index (χ1n) is 7.86. The van der Waals surface area contributed by atoms with E-state index in [1.54, 1.807) is 6.20 Å². The van der Waals surface area contributed by atoms with Gasteiger partial charge in [-0.2, -0.15) is 0 Å². The molecule has 1 aliphatic rings. The van der Waals surface area contributed by atoms with E-state index in [1.807, 2.05) is 30.4 Å². The van der Waals surface area contributed by atoms with Crippen LogP contribution in [0.2, 0.25) is 0 Å². The second-order valence-electron chi connectivity index (χ2n) is 5.54. The van der Waals surface area contributed by atoms with Crippen molar-refractivity contribution >= 4 is 17.2 Å². The first-order chi connectivity index (χ1) is 11.2. The molecule has 122 valence electrons. The molecule has 5 nitrogen and oxygen atoms in total.